The molecule has 0 radical (unpaired) electrons. The van der Waals surface area contributed by atoms with E-state index in [0.29, 0.717) is 5.69 Å². The first kappa shape index (κ1) is 20.8. The molecule has 5 rings (SSSR count). The molecule has 3 aromatic carbocycles. The summed E-state index contributed by atoms with van der Waals surface area (Å²) in [5, 5.41) is 2.36. The molecule has 1 aromatic heterocycles. The van der Waals surface area contributed by atoms with Gasteiger partial charge in [-0.1, -0.05) is 36.4 Å². The topological polar surface area (TPSA) is 70.0 Å². The lowest BCUT2D eigenvalue weighted by Gasteiger charge is -2.31. The molecule has 33 heavy (non-hydrogen) atoms. The maximum absolute atomic E-state index is 12.5. The Morgan fingerprint density at radius 3 is 1.88 bits per heavy atom. The molecular weight excluding hydrogens is 420 g/mol. The van der Waals surface area contributed by atoms with Crippen molar-refractivity contribution in [1.82, 2.24) is 4.57 Å². The van der Waals surface area contributed by atoms with Crippen LogP contribution in [-0.2, 0) is 23.8 Å². The lowest BCUT2D eigenvalue weighted by molar-refractivity contribution is -0.140. The lowest BCUT2D eigenvalue weighted by atomic mass is 10.1. The SMILES string of the molecule is COC(=O)C1=C(C(=O)OC)N(c2ccc(-n3c4ccccc4c4ccccc43)cc2)COC1. The van der Waals surface area contributed by atoms with E-state index in [9.17, 15) is 9.59 Å². The number of nitrogens with zero attached hydrogens (tertiary/aromatic N) is 2. The van der Waals surface area contributed by atoms with Gasteiger partial charge in [-0.2, -0.15) is 0 Å². The average Bonchev–Trinajstić information content (AvgIpc) is 3.22. The van der Waals surface area contributed by atoms with Crippen molar-refractivity contribution in [3.63, 3.8) is 0 Å². The molecule has 7 nitrogen and oxygen atoms in total. The fourth-order valence-electron chi connectivity index (χ4n) is 4.33. The van der Waals surface area contributed by atoms with Crippen LogP contribution in [-0.4, -0.2) is 44.1 Å². The van der Waals surface area contributed by atoms with Crippen LogP contribution in [0.5, 0.6) is 0 Å². The molecule has 4 aromatic rings. The molecule has 0 spiro atoms. The van der Waals surface area contributed by atoms with Gasteiger partial charge in [0.05, 0.1) is 37.4 Å². The summed E-state index contributed by atoms with van der Waals surface area (Å²) in [6.45, 7) is 0.0900. The van der Waals surface area contributed by atoms with Gasteiger partial charge in [-0.25, -0.2) is 9.59 Å². The Morgan fingerprint density at radius 1 is 0.758 bits per heavy atom. The quantitative estimate of drug-likeness (QED) is 0.442. The van der Waals surface area contributed by atoms with Crippen molar-refractivity contribution in [1.29, 1.82) is 0 Å². The van der Waals surface area contributed by atoms with Gasteiger partial charge in [-0.05, 0) is 36.4 Å². The molecule has 0 saturated heterocycles. The molecule has 7 heteroatoms. The first-order valence-electron chi connectivity index (χ1n) is 10.5. The molecule has 0 aliphatic carbocycles. The predicted octanol–water partition coefficient (Wildman–Crippen LogP) is 4.18. The van der Waals surface area contributed by atoms with Gasteiger partial charge in [0.25, 0.3) is 0 Å². The smallest absolute Gasteiger partial charge is 0.355 e. The second kappa shape index (κ2) is 8.44. The van der Waals surface area contributed by atoms with Crippen molar-refractivity contribution >= 4 is 39.4 Å². The van der Waals surface area contributed by atoms with Gasteiger partial charge in [0.1, 0.15) is 12.4 Å². The molecular formula is C26H22N2O5. The summed E-state index contributed by atoms with van der Waals surface area (Å²) < 4.78 is 17.5. The Hall–Kier alpha value is -4.10. The zero-order valence-corrected chi connectivity index (χ0v) is 18.3. The summed E-state index contributed by atoms with van der Waals surface area (Å²) in [5.74, 6) is -1.24. The Balaban J connectivity index is 1.61. The minimum absolute atomic E-state index is 0.0208. The van der Waals surface area contributed by atoms with Crippen molar-refractivity contribution < 1.29 is 23.8 Å². The number of carbonyl (C=O) groups excluding carboxylic acids is 2. The highest BCUT2D eigenvalue weighted by Crippen LogP contribution is 2.33. The van der Waals surface area contributed by atoms with Crippen LogP contribution in [0.4, 0.5) is 5.69 Å². The molecule has 0 N–H and O–H groups in total. The number of hydrogen-bond acceptors (Lipinski definition) is 6. The molecule has 0 unspecified atom stereocenters. The fourth-order valence-corrected chi connectivity index (χ4v) is 4.33. The Morgan fingerprint density at radius 2 is 1.30 bits per heavy atom. The summed E-state index contributed by atoms with van der Waals surface area (Å²) in [7, 11) is 2.55. The number of hydrogen-bond donors (Lipinski definition) is 0. The van der Waals surface area contributed by atoms with Crippen LogP contribution in [0.25, 0.3) is 27.5 Å². The van der Waals surface area contributed by atoms with Crippen molar-refractivity contribution in [2.45, 2.75) is 0 Å². The van der Waals surface area contributed by atoms with Gasteiger partial charge < -0.3 is 23.7 Å². The monoisotopic (exact) mass is 442 g/mol. The van der Waals surface area contributed by atoms with E-state index in [1.54, 1.807) is 4.90 Å². The molecule has 0 fully saturated rings. The summed E-state index contributed by atoms with van der Waals surface area (Å²) in [6, 6.07) is 24.3. The average molecular weight is 442 g/mol. The number of anilines is 1. The number of esters is 2. The van der Waals surface area contributed by atoms with Crippen molar-refractivity contribution in [3.05, 3.63) is 84.1 Å². The van der Waals surface area contributed by atoms with Gasteiger partial charge in [-0.15, -0.1) is 0 Å². The summed E-state index contributed by atoms with van der Waals surface area (Å²) in [5.41, 5.74) is 4.14. The third-order valence-corrected chi connectivity index (χ3v) is 5.83. The van der Waals surface area contributed by atoms with Crippen LogP contribution in [0.15, 0.2) is 84.1 Å². The molecule has 0 bridgehead atoms. The molecule has 2 heterocycles. The second-order valence-corrected chi connectivity index (χ2v) is 7.60. The minimum atomic E-state index is -0.623. The second-order valence-electron chi connectivity index (χ2n) is 7.60. The molecule has 0 amide bonds. The number of carbonyl (C=O) groups is 2. The largest absolute Gasteiger partial charge is 0.466 e. The number of benzene rings is 3. The summed E-state index contributed by atoms with van der Waals surface area (Å²) >= 11 is 0. The highest BCUT2D eigenvalue weighted by molar-refractivity contribution is 6.09. The minimum Gasteiger partial charge on any atom is -0.466 e. The highest BCUT2D eigenvalue weighted by Gasteiger charge is 2.32. The van der Waals surface area contributed by atoms with Gasteiger partial charge >= 0.3 is 11.9 Å². The van der Waals surface area contributed by atoms with Gasteiger partial charge in [0, 0.05) is 22.1 Å². The van der Waals surface area contributed by atoms with Crippen molar-refractivity contribution in [2.24, 2.45) is 0 Å². The standard InChI is InChI=1S/C26H22N2O5/c1-31-25(29)21-15-33-16-27(24(21)26(30)32-2)17-11-13-18(14-12-17)28-22-9-5-3-7-19(22)20-8-4-6-10-23(20)28/h3-14H,15-16H2,1-2H3. The third-order valence-electron chi connectivity index (χ3n) is 5.83. The summed E-state index contributed by atoms with van der Waals surface area (Å²) in [4.78, 5) is 26.4. The van der Waals surface area contributed by atoms with E-state index < -0.39 is 11.9 Å². The fraction of sp³-hybridized carbons (Fsp3) is 0.154. The third kappa shape index (κ3) is 3.43. The Bertz CT molecular complexity index is 1350. The van der Waals surface area contributed by atoms with Crippen LogP contribution >= 0.6 is 0 Å². The first-order valence-corrected chi connectivity index (χ1v) is 10.5. The van der Waals surface area contributed by atoms with Gasteiger partial charge in [0.15, 0.2) is 0 Å². The maximum atomic E-state index is 12.5. The van der Waals surface area contributed by atoms with Crippen molar-refractivity contribution in [3.8, 4) is 5.69 Å². The van der Waals surface area contributed by atoms with E-state index in [0.717, 1.165) is 16.7 Å². The predicted molar refractivity (Wildman–Crippen MR) is 125 cm³/mol. The van der Waals surface area contributed by atoms with Crippen LogP contribution < -0.4 is 4.90 Å². The van der Waals surface area contributed by atoms with Crippen LogP contribution in [0.3, 0.4) is 0 Å². The van der Waals surface area contributed by atoms with Gasteiger partial charge in [0.2, 0.25) is 0 Å². The number of aromatic nitrogens is 1. The zero-order chi connectivity index (χ0) is 22.9. The first-order chi connectivity index (χ1) is 16.1. The van der Waals surface area contributed by atoms with E-state index in [4.69, 9.17) is 14.2 Å². The Labute approximate surface area is 190 Å². The number of para-hydroxylation sites is 2. The van der Waals surface area contributed by atoms with E-state index in [1.807, 2.05) is 48.5 Å². The molecule has 0 atom stereocenters. The lowest BCUT2D eigenvalue weighted by Crippen LogP contribution is -2.38. The number of ether oxygens (including phenoxy) is 3. The van der Waals surface area contributed by atoms with E-state index in [1.165, 1.54) is 25.0 Å². The molecule has 0 saturated carbocycles. The number of fused-ring (bicyclic) bond motifs is 3. The molecule has 1 aliphatic heterocycles. The van der Waals surface area contributed by atoms with Crippen molar-refractivity contribution in [2.75, 3.05) is 32.5 Å². The maximum Gasteiger partial charge on any atom is 0.355 e. The Kier molecular flexibility index (Phi) is 5.32. The molecule has 166 valence electrons. The van der Waals surface area contributed by atoms with E-state index >= 15 is 0 Å². The number of rotatable bonds is 4. The normalized spacial score (nSPS) is 14.1. The van der Waals surface area contributed by atoms with Crippen LogP contribution in [0.1, 0.15) is 0 Å². The van der Waals surface area contributed by atoms with Crippen LogP contribution in [0.2, 0.25) is 0 Å². The van der Waals surface area contributed by atoms with E-state index in [-0.39, 0.29) is 24.6 Å². The molecule has 1 aliphatic rings. The highest BCUT2D eigenvalue weighted by atomic mass is 16.5. The summed E-state index contributed by atoms with van der Waals surface area (Å²) in [6.07, 6.45) is 0. The van der Waals surface area contributed by atoms with Crippen LogP contribution in [0, 0.1) is 0 Å². The van der Waals surface area contributed by atoms with Gasteiger partial charge in [-0.3, -0.25) is 0 Å². The van der Waals surface area contributed by atoms with E-state index in [2.05, 4.69) is 28.8 Å². The zero-order valence-electron chi connectivity index (χ0n) is 18.3. The number of methoxy groups -OCH3 is 2.